The Morgan fingerprint density at radius 3 is 2.57 bits per heavy atom. The molecule has 2 heterocycles. The van der Waals surface area contributed by atoms with Crippen LogP contribution in [-0.2, 0) is 22.6 Å². The molecule has 0 saturated heterocycles. The summed E-state index contributed by atoms with van der Waals surface area (Å²) in [5.41, 5.74) is 2.90. The molecule has 148 valence electrons. The van der Waals surface area contributed by atoms with Gasteiger partial charge in [-0.15, -0.1) is 0 Å². The van der Waals surface area contributed by atoms with Gasteiger partial charge in [-0.2, -0.15) is 0 Å². The Morgan fingerprint density at radius 2 is 1.96 bits per heavy atom. The summed E-state index contributed by atoms with van der Waals surface area (Å²) in [4.78, 5) is 33.9. The van der Waals surface area contributed by atoms with E-state index >= 15 is 0 Å². The Kier molecular flexibility index (Phi) is 5.97. The fourth-order valence-electron chi connectivity index (χ4n) is 3.48. The summed E-state index contributed by atoms with van der Waals surface area (Å²) in [6.45, 7) is 4.37. The summed E-state index contributed by atoms with van der Waals surface area (Å²) in [6.07, 6.45) is 2.87. The smallest absolute Gasteiger partial charge is 0.249 e. The average Bonchev–Trinajstić information content (AvgIpc) is 2.76. The molecule has 0 fully saturated rings. The van der Waals surface area contributed by atoms with Crippen LogP contribution in [0.2, 0.25) is 0 Å². The lowest BCUT2D eigenvalue weighted by molar-refractivity contribution is -0.143. The van der Waals surface area contributed by atoms with Crippen molar-refractivity contribution in [2.75, 3.05) is 19.1 Å². The van der Waals surface area contributed by atoms with Gasteiger partial charge in [0, 0.05) is 32.0 Å². The number of anilines is 1. The molecule has 0 saturated carbocycles. The van der Waals surface area contributed by atoms with Crippen molar-refractivity contribution in [3.05, 3.63) is 53.7 Å². The van der Waals surface area contributed by atoms with Crippen molar-refractivity contribution in [3.63, 3.8) is 0 Å². The predicted octanol–water partition coefficient (Wildman–Crippen LogP) is 3.05. The lowest BCUT2D eigenvalue weighted by atomic mass is 9.91. The minimum Gasteiger partial charge on any atom is -0.481 e. The molecule has 6 nitrogen and oxygen atoms in total. The second kappa shape index (κ2) is 8.42. The fraction of sp³-hybridized carbons (Fsp3) is 0.409. The standard InChI is InChI=1S/C22H27N3O3/c1-5-15(2)21(26)25-14-17-9-7-6-8-16(17)12-19(25)22(27)24(3)18-10-11-20(28-4)23-13-18/h6-11,13,15,19H,5,12,14H2,1-4H3. The first kappa shape index (κ1) is 19.9. The Morgan fingerprint density at radius 1 is 1.25 bits per heavy atom. The number of likely N-dealkylation sites (N-methyl/N-ethyl adjacent to an activating group) is 1. The number of amides is 2. The first-order valence-corrected chi connectivity index (χ1v) is 9.61. The fourth-order valence-corrected chi connectivity index (χ4v) is 3.48. The van der Waals surface area contributed by atoms with Crippen LogP contribution in [0.3, 0.4) is 0 Å². The molecular weight excluding hydrogens is 354 g/mol. The number of nitrogens with zero attached hydrogens (tertiary/aromatic N) is 3. The number of aromatic nitrogens is 1. The molecule has 0 aliphatic carbocycles. The Balaban J connectivity index is 1.90. The van der Waals surface area contributed by atoms with E-state index in [1.54, 1.807) is 42.3 Å². The SMILES string of the molecule is CCC(C)C(=O)N1Cc2ccccc2CC1C(=O)N(C)c1ccc(OC)nc1. The van der Waals surface area contributed by atoms with Crippen LogP contribution in [0.1, 0.15) is 31.4 Å². The molecule has 1 aliphatic rings. The molecule has 1 aromatic carbocycles. The van der Waals surface area contributed by atoms with Crippen molar-refractivity contribution in [2.24, 2.45) is 5.92 Å². The van der Waals surface area contributed by atoms with Gasteiger partial charge in [0.1, 0.15) is 6.04 Å². The van der Waals surface area contributed by atoms with E-state index in [0.29, 0.717) is 24.5 Å². The molecule has 1 aliphatic heterocycles. The summed E-state index contributed by atoms with van der Waals surface area (Å²) in [5, 5.41) is 0. The molecule has 0 spiro atoms. The highest BCUT2D eigenvalue weighted by Crippen LogP contribution is 2.27. The number of fused-ring (bicyclic) bond motifs is 1. The van der Waals surface area contributed by atoms with Crippen molar-refractivity contribution >= 4 is 17.5 Å². The van der Waals surface area contributed by atoms with Crippen LogP contribution in [-0.4, -0.2) is 41.9 Å². The molecule has 0 N–H and O–H groups in total. The summed E-state index contributed by atoms with van der Waals surface area (Å²) < 4.78 is 5.08. The van der Waals surface area contributed by atoms with Crippen LogP contribution in [0.4, 0.5) is 5.69 Å². The number of rotatable bonds is 5. The molecule has 0 radical (unpaired) electrons. The van der Waals surface area contributed by atoms with Crippen LogP contribution < -0.4 is 9.64 Å². The van der Waals surface area contributed by atoms with E-state index in [1.807, 2.05) is 38.1 Å². The minimum atomic E-state index is -0.525. The molecule has 2 unspecified atom stereocenters. The van der Waals surface area contributed by atoms with E-state index in [9.17, 15) is 9.59 Å². The molecule has 2 amide bonds. The highest BCUT2D eigenvalue weighted by atomic mass is 16.5. The molecule has 2 atom stereocenters. The first-order chi connectivity index (χ1) is 13.5. The van der Waals surface area contributed by atoms with Crippen LogP contribution in [0.15, 0.2) is 42.6 Å². The van der Waals surface area contributed by atoms with Gasteiger partial charge in [-0.05, 0) is 23.6 Å². The zero-order chi connectivity index (χ0) is 20.3. The highest BCUT2D eigenvalue weighted by Gasteiger charge is 2.37. The Bertz CT molecular complexity index is 850. The van der Waals surface area contributed by atoms with Crippen molar-refractivity contribution in [3.8, 4) is 5.88 Å². The van der Waals surface area contributed by atoms with E-state index in [1.165, 1.54) is 0 Å². The third-order valence-electron chi connectivity index (χ3n) is 5.50. The number of carbonyl (C=O) groups is 2. The normalized spacial score (nSPS) is 16.9. The Labute approximate surface area is 166 Å². The number of benzene rings is 1. The van der Waals surface area contributed by atoms with Gasteiger partial charge in [0.05, 0.1) is 19.0 Å². The first-order valence-electron chi connectivity index (χ1n) is 9.61. The van der Waals surface area contributed by atoms with E-state index < -0.39 is 6.04 Å². The van der Waals surface area contributed by atoms with Gasteiger partial charge >= 0.3 is 0 Å². The molecule has 28 heavy (non-hydrogen) atoms. The van der Waals surface area contributed by atoms with Crippen molar-refractivity contribution < 1.29 is 14.3 Å². The zero-order valence-corrected chi connectivity index (χ0v) is 16.9. The number of methoxy groups -OCH3 is 1. The van der Waals surface area contributed by atoms with Crippen LogP contribution in [0, 0.1) is 5.92 Å². The van der Waals surface area contributed by atoms with Gasteiger partial charge in [-0.1, -0.05) is 38.1 Å². The maximum Gasteiger partial charge on any atom is 0.249 e. The third kappa shape index (κ3) is 3.86. The van der Waals surface area contributed by atoms with Crippen molar-refractivity contribution in [1.29, 1.82) is 0 Å². The number of pyridine rings is 1. The molecule has 6 heteroatoms. The van der Waals surface area contributed by atoms with Crippen molar-refractivity contribution in [1.82, 2.24) is 9.88 Å². The summed E-state index contributed by atoms with van der Waals surface area (Å²) in [6, 6.07) is 11.0. The van der Waals surface area contributed by atoms with E-state index in [4.69, 9.17) is 4.74 Å². The van der Waals surface area contributed by atoms with Crippen LogP contribution >= 0.6 is 0 Å². The highest BCUT2D eigenvalue weighted by molar-refractivity contribution is 5.99. The van der Waals surface area contributed by atoms with Gasteiger partial charge in [0.2, 0.25) is 17.7 Å². The van der Waals surface area contributed by atoms with Crippen molar-refractivity contribution in [2.45, 2.75) is 39.3 Å². The number of ether oxygens (including phenoxy) is 1. The monoisotopic (exact) mass is 381 g/mol. The minimum absolute atomic E-state index is 0.0246. The van der Waals surface area contributed by atoms with Crippen LogP contribution in [0.5, 0.6) is 5.88 Å². The average molecular weight is 381 g/mol. The quantitative estimate of drug-likeness (QED) is 0.799. The van der Waals surface area contributed by atoms with Gasteiger partial charge in [0.15, 0.2) is 0 Å². The van der Waals surface area contributed by atoms with E-state index in [2.05, 4.69) is 4.98 Å². The zero-order valence-electron chi connectivity index (χ0n) is 16.9. The van der Waals surface area contributed by atoms with E-state index in [0.717, 1.165) is 17.5 Å². The topological polar surface area (TPSA) is 62.7 Å². The number of hydrogen-bond acceptors (Lipinski definition) is 4. The van der Waals surface area contributed by atoms with Gasteiger partial charge in [-0.3, -0.25) is 9.59 Å². The molecule has 3 rings (SSSR count). The Hall–Kier alpha value is -2.89. The molecular formula is C22H27N3O3. The summed E-state index contributed by atoms with van der Waals surface area (Å²) >= 11 is 0. The predicted molar refractivity (Wildman–Crippen MR) is 108 cm³/mol. The second-order valence-corrected chi connectivity index (χ2v) is 7.22. The molecule has 2 aromatic rings. The van der Waals surface area contributed by atoms with Gasteiger partial charge in [0.25, 0.3) is 0 Å². The lowest BCUT2D eigenvalue weighted by Crippen LogP contribution is -2.54. The summed E-state index contributed by atoms with van der Waals surface area (Å²) in [7, 11) is 3.27. The lowest BCUT2D eigenvalue weighted by Gasteiger charge is -2.39. The largest absolute Gasteiger partial charge is 0.481 e. The number of carbonyl (C=O) groups excluding carboxylic acids is 2. The molecule has 1 aromatic heterocycles. The van der Waals surface area contributed by atoms with Crippen LogP contribution in [0.25, 0.3) is 0 Å². The second-order valence-electron chi connectivity index (χ2n) is 7.22. The molecule has 0 bridgehead atoms. The third-order valence-corrected chi connectivity index (χ3v) is 5.50. The number of hydrogen-bond donors (Lipinski definition) is 0. The van der Waals surface area contributed by atoms with Gasteiger partial charge in [-0.25, -0.2) is 4.98 Å². The maximum atomic E-state index is 13.4. The maximum absolute atomic E-state index is 13.4. The summed E-state index contributed by atoms with van der Waals surface area (Å²) in [5.74, 6) is 0.285. The van der Waals surface area contributed by atoms with Gasteiger partial charge < -0.3 is 14.5 Å². The van der Waals surface area contributed by atoms with E-state index in [-0.39, 0.29) is 17.7 Å².